The number of halogens is 1. The second-order valence-corrected chi connectivity index (χ2v) is 10.2. The normalized spacial score (nSPS) is 11.7. The van der Waals surface area contributed by atoms with E-state index >= 15 is 0 Å². The molecule has 7 heteroatoms. The molecule has 36 heavy (non-hydrogen) atoms. The van der Waals surface area contributed by atoms with E-state index in [1.807, 2.05) is 43.3 Å². The Morgan fingerprint density at radius 2 is 1.47 bits per heavy atom. The Kier molecular flexibility index (Phi) is 7.58. The minimum absolute atomic E-state index is 0.0134. The Balaban J connectivity index is 1.94. The zero-order valence-electron chi connectivity index (χ0n) is 19.8. The number of ether oxygens (including phenoxy) is 1. The van der Waals surface area contributed by atoms with Crippen LogP contribution in [-0.2, 0) is 14.8 Å². The van der Waals surface area contributed by atoms with Crippen molar-refractivity contribution in [1.82, 2.24) is 0 Å². The molecule has 0 bridgehead atoms. The number of carbonyl (C=O) groups excluding carboxylic acids is 1. The van der Waals surface area contributed by atoms with Gasteiger partial charge in [-0.1, -0.05) is 90.0 Å². The predicted octanol–water partition coefficient (Wildman–Crippen LogP) is 6.62. The molecule has 0 aliphatic heterocycles. The summed E-state index contributed by atoms with van der Waals surface area (Å²) in [6.45, 7) is 1.86. The third kappa shape index (κ3) is 5.35. The van der Waals surface area contributed by atoms with Crippen LogP contribution in [0.15, 0.2) is 108 Å². The number of hydrogen-bond donors (Lipinski definition) is 0. The Morgan fingerprint density at radius 1 is 0.861 bits per heavy atom. The van der Waals surface area contributed by atoms with Crippen LogP contribution in [0.2, 0.25) is 5.02 Å². The molecule has 0 radical (unpaired) electrons. The Labute approximate surface area is 216 Å². The number of methoxy groups -OCH3 is 1. The van der Waals surface area contributed by atoms with E-state index in [1.165, 1.54) is 37.4 Å². The molecule has 4 aromatic carbocycles. The van der Waals surface area contributed by atoms with E-state index in [9.17, 15) is 13.2 Å². The monoisotopic (exact) mass is 517 g/mol. The number of nitrogens with zero attached hydrogens (tertiary/aromatic N) is 1. The van der Waals surface area contributed by atoms with E-state index in [0.717, 1.165) is 15.4 Å². The van der Waals surface area contributed by atoms with E-state index in [2.05, 4.69) is 0 Å². The lowest BCUT2D eigenvalue weighted by atomic mass is 10.0. The van der Waals surface area contributed by atoms with Crippen LogP contribution in [0, 0.1) is 6.92 Å². The lowest BCUT2D eigenvalue weighted by Gasteiger charge is -2.25. The SMILES string of the molecule is COc1ccc(N(C(=O)/C(=C/c2ccccc2)c2ccccc2)S(=O)(=O)c2ccc(C)cc2)cc1Cl. The third-order valence-electron chi connectivity index (χ3n) is 5.54. The van der Waals surface area contributed by atoms with Crippen LogP contribution in [0.25, 0.3) is 11.6 Å². The molecule has 0 atom stereocenters. The number of carbonyl (C=O) groups is 1. The zero-order valence-corrected chi connectivity index (χ0v) is 21.3. The molecule has 0 aliphatic rings. The molecule has 0 saturated carbocycles. The first-order valence-electron chi connectivity index (χ1n) is 11.1. The van der Waals surface area contributed by atoms with E-state index in [4.69, 9.17) is 16.3 Å². The van der Waals surface area contributed by atoms with Gasteiger partial charge in [0.15, 0.2) is 0 Å². The second kappa shape index (κ2) is 10.8. The van der Waals surface area contributed by atoms with Crippen molar-refractivity contribution in [3.05, 3.63) is 125 Å². The standard InChI is InChI=1S/C29H24ClNO4S/c1-21-13-16-25(17-14-21)36(33,34)31(24-15-18-28(35-2)27(30)20-24)29(32)26(23-11-7-4-8-12-23)19-22-9-5-3-6-10-22/h3-20H,1-2H3/b26-19+. The maximum atomic E-state index is 14.2. The fraction of sp³-hybridized carbons (Fsp3) is 0.0690. The van der Waals surface area contributed by atoms with Gasteiger partial charge in [-0.3, -0.25) is 4.79 Å². The number of anilines is 1. The summed E-state index contributed by atoms with van der Waals surface area (Å²) in [5.41, 5.74) is 2.54. The van der Waals surface area contributed by atoms with Crippen LogP contribution in [0.5, 0.6) is 5.75 Å². The first kappa shape index (κ1) is 25.2. The average Bonchev–Trinajstić information content (AvgIpc) is 2.88. The minimum atomic E-state index is -4.31. The number of aryl methyl sites for hydroxylation is 1. The summed E-state index contributed by atoms with van der Waals surface area (Å²) < 4.78 is 33.9. The van der Waals surface area contributed by atoms with Gasteiger partial charge in [0.2, 0.25) is 0 Å². The van der Waals surface area contributed by atoms with Crippen molar-refractivity contribution in [2.75, 3.05) is 11.4 Å². The summed E-state index contributed by atoms with van der Waals surface area (Å²) >= 11 is 6.35. The van der Waals surface area contributed by atoms with E-state index < -0.39 is 15.9 Å². The Morgan fingerprint density at radius 3 is 2.06 bits per heavy atom. The second-order valence-electron chi connectivity index (χ2n) is 8.04. The molecule has 4 rings (SSSR count). The molecule has 0 heterocycles. The van der Waals surface area contributed by atoms with Gasteiger partial charge in [-0.05, 0) is 54.5 Å². The summed E-state index contributed by atoms with van der Waals surface area (Å²) in [5.74, 6) is -0.351. The molecule has 182 valence electrons. The fourth-order valence-electron chi connectivity index (χ4n) is 3.67. The molecule has 1 amide bonds. The Bertz CT molecular complexity index is 1500. The van der Waals surface area contributed by atoms with Crippen molar-refractivity contribution in [3.8, 4) is 5.75 Å². The van der Waals surface area contributed by atoms with Crippen LogP contribution in [0.1, 0.15) is 16.7 Å². The van der Waals surface area contributed by atoms with Gasteiger partial charge in [0.05, 0.1) is 22.7 Å². The predicted molar refractivity (Wildman–Crippen MR) is 145 cm³/mol. The van der Waals surface area contributed by atoms with E-state index in [1.54, 1.807) is 42.5 Å². The number of amides is 1. The van der Waals surface area contributed by atoms with Crippen LogP contribution in [-0.4, -0.2) is 21.4 Å². The van der Waals surface area contributed by atoms with Crippen molar-refractivity contribution < 1.29 is 17.9 Å². The molecule has 5 nitrogen and oxygen atoms in total. The number of benzene rings is 4. The zero-order chi connectivity index (χ0) is 25.7. The minimum Gasteiger partial charge on any atom is -0.495 e. The summed E-state index contributed by atoms with van der Waals surface area (Å²) in [6, 6.07) is 29.0. The van der Waals surface area contributed by atoms with E-state index in [0.29, 0.717) is 11.3 Å². The van der Waals surface area contributed by atoms with Gasteiger partial charge >= 0.3 is 0 Å². The van der Waals surface area contributed by atoms with Crippen molar-refractivity contribution in [2.24, 2.45) is 0 Å². The first-order valence-corrected chi connectivity index (χ1v) is 12.9. The molecule has 4 aromatic rings. The highest BCUT2D eigenvalue weighted by Crippen LogP contribution is 2.34. The van der Waals surface area contributed by atoms with Crippen molar-refractivity contribution in [1.29, 1.82) is 0 Å². The van der Waals surface area contributed by atoms with Gasteiger partial charge in [-0.15, -0.1) is 0 Å². The molecule has 0 N–H and O–H groups in total. The van der Waals surface area contributed by atoms with Gasteiger partial charge in [0.1, 0.15) is 5.75 Å². The fourth-order valence-corrected chi connectivity index (χ4v) is 5.32. The maximum Gasteiger partial charge on any atom is 0.272 e. The highest BCUT2D eigenvalue weighted by atomic mass is 35.5. The maximum absolute atomic E-state index is 14.2. The summed E-state index contributed by atoms with van der Waals surface area (Å²) in [4.78, 5) is 14.2. The number of rotatable bonds is 7. The number of sulfonamides is 1. The highest BCUT2D eigenvalue weighted by molar-refractivity contribution is 7.93. The smallest absolute Gasteiger partial charge is 0.272 e. The Hall–Kier alpha value is -3.87. The summed E-state index contributed by atoms with van der Waals surface area (Å²) in [7, 11) is -2.85. The molecule has 0 spiro atoms. The summed E-state index contributed by atoms with van der Waals surface area (Å²) in [5, 5.41) is 0.181. The van der Waals surface area contributed by atoms with Gasteiger partial charge in [-0.2, -0.15) is 4.31 Å². The van der Waals surface area contributed by atoms with Crippen molar-refractivity contribution in [2.45, 2.75) is 11.8 Å². The van der Waals surface area contributed by atoms with Gasteiger partial charge in [0.25, 0.3) is 15.9 Å². The third-order valence-corrected chi connectivity index (χ3v) is 7.56. The molecule has 0 aliphatic carbocycles. The topological polar surface area (TPSA) is 63.7 Å². The van der Waals surface area contributed by atoms with Crippen molar-refractivity contribution >= 4 is 44.9 Å². The van der Waals surface area contributed by atoms with Gasteiger partial charge < -0.3 is 4.74 Å². The van der Waals surface area contributed by atoms with Crippen LogP contribution < -0.4 is 9.04 Å². The number of hydrogen-bond acceptors (Lipinski definition) is 4. The van der Waals surface area contributed by atoms with Crippen LogP contribution in [0.4, 0.5) is 5.69 Å². The highest BCUT2D eigenvalue weighted by Gasteiger charge is 2.34. The summed E-state index contributed by atoms with van der Waals surface area (Å²) in [6.07, 6.45) is 1.68. The van der Waals surface area contributed by atoms with Crippen LogP contribution >= 0.6 is 11.6 Å². The first-order chi connectivity index (χ1) is 17.3. The molecule has 0 aromatic heterocycles. The van der Waals surface area contributed by atoms with Gasteiger partial charge in [0, 0.05) is 5.57 Å². The van der Waals surface area contributed by atoms with E-state index in [-0.39, 0.29) is 21.2 Å². The largest absolute Gasteiger partial charge is 0.495 e. The van der Waals surface area contributed by atoms with Crippen LogP contribution in [0.3, 0.4) is 0 Å². The van der Waals surface area contributed by atoms with Crippen molar-refractivity contribution in [3.63, 3.8) is 0 Å². The lowest BCUT2D eigenvalue weighted by molar-refractivity contribution is -0.112. The average molecular weight is 518 g/mol. The molecule has 0 saturated heterocycles. The molecular formula is C29H24ClNO4S. The molecule has 0 unspecified atom stereocenters. The van der Waals surface area contributed by atoms with Gasteiger partial charge in [-0.25, -0.2) is 8.42 Å². The lowest BCUT2D eigenvalue weighted by Crippen LogP contribution is -2.37. The molecule has 0 fully saturated rings. The quantitative estimate of drug-likeness (QED) is 0.204. The molecular weight excluding hydrogens is 494 g/mol.